The number of carbonyl (C=O) groups excluding carboxylic acids is 1. The van der Waals surface area contributed by atoms with Gasteiger partial charge >= 0.3 is 5.38 Å². The van der Waals surface area contributed by atoms with E-state index in [0.717, 1.165) is 0 Å². The average molecular weight is 225 g/mol. The molecule has 13 heavy (non-hydrogen) atoms. The summed E-state index contributed by atoms with van der Waals surface area (Å²) in [5, 5.41) is -3.93. The second-order valence-electron chi connectivity index (χ2n) is 2.31. The quantitative estimate of drug-likeness (QED) is 0.557. The maximum absolute atomic E-state index is 12.3. The molecule has 0 amide bonds. The van der Waals surface area contributed by atoms with Crippen molar-refractivity contribution in [1.29, 1.82) is 0 Å². The summed E-state index contributed by atoms with van der Waals surface area (Å²) in [6.45, 7) is 0. The monoisotopic (exact) mass is 224 g/mol. The first-order valence-electron chi connectivity index (χ1n) is 3.29. The van der Waals surface area contributed by atoms with Crippen LogP contribution in [-0.2, 0) is 0 Å². The molecular formula is C8H4Cl2F2O. The molecule has 0 aliphatic carbocycles. The van der Waals surface area contributed by atoms with Crippen molar-refractivity contribution in [2.45, 2.75) is 5.38 Å². The van der Waals surface area contributed by atoms with Crippen LogP contribution in [-0.4, -0.2) is 11.2 Å². The number of halogens is 4. The van der Waals surface area contributed by atoms with Gasteiger partial charge in [-0.1, -0.05) is 23.7 Å². The molecule has 0 saturated carbocycles. The topological polar surface area (TPSA) is 17.1 Å². The van der Waals surface area contributed by atoms with E-state index in [9.17, 15) is 13.6 Å². The average Bonchev–Trinajstić information content (AvgIpc) is 2.02. The Morgan fingerprint density at radius 1 is 1.31 bits per heavy atom. The van der Waals surface area contributed by atoms with Crippen molar-refractivity contribution in [3.8, 4) is 0 Å². The fourth-order valence-electron chi connectivity index (χ4n) is 0.798. The first-order valence-corrected chi connectivity index (χ1v) is 4.04. The molecule has 0 unspecified atom stereocenters. The van der Waals surface area contributed by atoms with Gasteiger partial charge in [0, 0.05) is 5.56 Å². The van der Waals surface area contributed by atoms with Crippen molar-refractivity contribution in [2.24, 2.45) is 0 Å². The van der Waals surface area contributed by atoms with Gasteiger partial charge in [-0.05, 0) is 23.7 Å². The largest absolute Gasteiger partial charge is 0.384 e. The number of ketones is 1. The molecule has 0 aliphatic heterocycles. The smallest absolute Gasteiger partial charge is 0.286 e. The Morgan fingerprint density at radius 3 is 2.31 bits per heavy atom. The second-order valence-corrected chi connectivity index (χ2v) is 3.19. The number of alkyl halides is 3. The molecule has 1 aromatic rings. The van der Waals surface area contributed by atoms with Crippen LogP contribution in [0.5, 0.6) is 0 Å². The van der Waals surface area contributed by atoms with Crippen LogP contribution >= 0.6 is 23.2 Å². The molecule has 0 fully saturated rings. The van der Waals surface area contributed by atoms with Gasteiger partial charge in [0.15, 0.2) is 0 Å². The van der Waals surface area contributed by atoms with E-state index in [1.165, 1.54) is 24.3 Å². The second kappa shape index (κ2) is 3.60. The molecule has 1 aromatic carbocycles. The highest BCUT2D eigenvalue weighted by Gasteiger charge is 2.37. The lowest BCUT2D eigenvalue weighted by Crippen LogP contribution is -2.21. The van der Waals surface area contributed by atoms with Crippen LogP contribution in [0.2, 0.25) is 5.02 Å². The summed E-state index contributed by atoms with van der Waals surface area (Å²) < 4.78 is 24.7. The molecule has 0 bridgehead atoms. The molecule has 0 heterocycles. The van der Waals surface area contributed by atoms with Crippen molar-refractivity contribution in [1.82, 2.24) is 0 Å². The third-order valence-electron chi connectivity index (χ3n) is 1.38. The Balaban J connectivity index is 3.10. The molecule has 70 valence electrons. The van der Waals surface area contributed by atoms with Crippen molar-refractivity contribution < 1.29 is 13.6 Å². The van der Waals surface area contributed by atoms with Crippen molar-refractivity contribution >= 4 is 29.0 Å². The Kier molecular flexibility index (Phi) is 2.88. The summed E-state index contributed by atoms with van der Waals surface area (Å²) in [6.07, 6.45) is 0. The maximum atomic E-state index is 12.3. The zero-order chi connectivity index (χ0) is 10.1. The number of rotatable bonds is 2. The molecule has 1 rings (SSSR count). The van der Waals surface area contributed by atoms with E-state index >= 15 is 0 Å². The van der Waals surface area contributed by atoms with Crippen LogP contribution < -0.4 is 0 Å². The van der Waals surface area contributed by atoms with E-state index in [4.69, 9.17) is 11.6 Å². The standard InChI is InChI=1S/C8H4Cl2F2O/c9-6-4-2-1-3-5(6)7(13)8(10,11)12/h1-4H. The molecule has 0 N–H and O–H groups in total. The highest BCUT2D eigenvalue weighted by Crippen LogP contribution is 2.27. The minimum Gasteiger partial charge on any atom is -0.286 e. The Hall–Kier alpha value is -0.670. The zero-order valence-electron chi connectivity index (χ0n) is 6.23. The van der Waals surface area contributed by atoms with Gasteiger partial charge in [-0.15, -0.1) is 0 Å². The molecular weight excluding hydrogens is 221 g/mol. The van der Waals surface area contributed by atoms with Gasteiger partial charge in [-0.25, -0.2) is 0 Å². The van der Waals surface area contributed by atoms with Crippen LogP contribution in [0.25, 0.3) is 0 Å². The predicted molar refractivity (Wildman–Crippen MR) is 46.6 cm³/mol. The summed E-state index contributed by atoms with van der Waals surface area (Å²) in [5.74, 6) is -1.49. The van der Waals surface area contributed by atoms with E-state index in [0.29, 0.717) is 0 Å². The van der Waals surface area contributed by atoms with Gasteiger partial charge in [-0.2, -0.15) is 8.78 Å². The number of benzene rings is 1. The fraction of sp³-hybridized carbons (Fsp3) is 0.125. The molecule has 0 aliphatic rings. The molecule has 0 radical (unpaired) electrons. The van der Waals surface area contributed by atoms with Crippen LogP contribution in [0.1, 0.15) is 10.4 Å². The summed E-state index contributed by atoms with van der Waals surface area (Å²) in [4.78, 5) is 10.9. The predicted octanol–water partition coefficient (Wildman–Crippen LogP) is 3.35. The van der Waals surface area contributed by atoms with Crippen LogP contribution in [0.3, 0.4) is 0 Å². The lowest BCUT2D eigenvalue weighted by Gasteiger charge is -2.07. The van der Waals surface area contributed by atoms with Gasteiger partial charge in [0.05, 0.1) is 5.02 Å². The first-order chi connectivity index (χ1) is 5.93. The third-order valence-corrected chi connectivity index (χ3v) is 1.88. The molecule has 0 spiro atoms. The molecule has 5 heteroatoms. The van der Waals surface area contributed by atoms with Crippen LogP contribution in [0.4, 0.5) is 8.78 Å². The summed E-state index contributed by atoms with van der Waals surface area (Å²) in [5.41, 5.74) is -0.274. The normalized spacial score (nSPS) is 11.4. The van der Waals surface area contributed by atoms with Crippen LogP contribution in [0.15, 0.2) is 24.3 Å². The Morgan fingerprint density at radius 2 is 1.85 bits per heavy atom. The lowest BCUT2D eigenvalue weighted by molar-refractivity contribution is 0.0536. The van der Waals surface area contributed by atoms with E-state index in [-0.39, 0.29) is 10.6 Å². The maximum Gasteiger partial charge on any atom is 0.384 e. The SMILES string of the molecule is O=C(c1ccccc1Cl)C(F)(F)Cl. The van der Waals surface area contributed by atoms with Crippen molar-refractivity contribution in [3.05, 3.63) is 34.9 Å². The number of hydrogen-bond acceptors (Lipinski definition) is 1. The van der Waals surface area contributed by atoms with Gasteiger partial charge < -0.3 is 0 Å². The lowest BCUT2D eigenvalue weighted by atomic mass is 10.1. The first kappa shape index (κ1) is 10.4. The van der Waals surface area contributed by atoms with Gasteiger partial charge in [-0.3, -0.25) is 4.79 Å². The van der Waals surface area contributed by atoms with Gasteiger partial charge in [0.2, 0.25) is 5.78 Å². The Bertz CT molecular complexity index is 333. The highest BCUT2D eigenvalue weighted by molar-refractivity contribution is 6.39. The fourth-order valence-corrected chi connectivity index (χ4v) is 1.12. The van der Waals surface area contributed by atoms with Crippen molar-refractivity contribution in [3.63, 3.8) is 0 Å². The van der Waals surface area contributed by atoms with E-state index < -0.39 is 11.2 Å². The molecule has 0 atom stereocenters. The minimum absolute atomic E-state index is 0.0344. The molecule has 0 aromatic heterocycles. The van der Waals surface area contributed by atoms with E-state index in [1.807, 2.05) is 0 Å². The number of carbonyl (C=O) groups is 1. The highest BCUT2D eigenvalue weighted by atomic mass is 35.5. The number of Topliss-reactive ketones (excluding diaryl/α,β-unsaturated/α-hetero) is 1. The van der Waals surface area contributed by atoms with E-state index in [2.05, 4.69) is 11.6 Å². The Labute approximate surface area is 83.3 Å². The van der Waals surface area contributed by atoms with Gasteiger partial charge in [0.25, 0.3) is 0 Å². The zero-order valence-corrected chi connectivity index (χ0v) is 7.74. The summed E-state index contributed by atoms with van der Waals surface area (Å²) in [7, 11) is 0. The van der Waals surface area contributed by atoms with Crippen LogP contribution in [0, 0.1) is 0 Å². The van der Waals surface area contributed by atoms with Crippen molar-refractivity contribution in [2.75, 3.05) is 0 Å². The summed E-state index contributed by atoms with van der Waals surface area (Å²) >= 11 is 10.1. The van der Waals surface area contributed by atoms with Gasteiger partial charge in [0.1, 0.15) is 0 Å². The van der Waals surface area contributed by atoms with E-state index in [1.54, 1.807) is 0 Å². The summed E-state index contributed by atoms with van der Waals surface area (Å²) in [6, 6.07) is 5.51. The molecule has 0 saturated heterocycles. The third kappa shape index (κ3) is 2.39. The number of hydrogen-bond donors (Lipinski definition) is 0. The molecule has 1 nitrogen and oxygen atoms in total. The minimum atomic E-state index is -3.90.